The number of nitrogens with zero attached hydrogens (tertiary/aromatic N) is 7. The van der Waals surface area contributed by atoms with Gasteiger partial charge in [-0.1, -0.05) is 20.4 Å². The molecule has 2 saturated heterocycles. The zero-order valence-corrected chi connectivity index (χ0v) is 25.1. The molecule has 0 atom stereocenters. The third kappa shape index (κ3) is 6.73. The summed E-state index contributed by atoms with van der Waals surface area (Å²) in [4.78, 5) is 30.0. The lowest BCUT2D eigenvalue weighted by Gasteiger charge is -2.38. The molecular weight excluding hydrogens is 520 g/mol. The second-order valence-electron chi connectivity index (χ2n) is 10.1. The van der Waals surface area contributed by atoms with Gasteiger partial charge in [-0.2, -0.15) is 15.1 Å². The Labute approximate surface area is 243 Å². The molecule has 0 spiro atoms. The molecule has 11 heteroatoms. The van der Waals surface area contributed by atoms with E-state index in [1.807, 2.05) is 37.1 Å². The van der Waals surface area contributed by atoms with Gasteiger partial charge in [-0.3, -0.25) is 9.89 Å². The number of nitrogens with one attached hydrogen (secondary N) is 1. The van der Waals surface area contributed by atoms with Crippen molar-refractivity contribution in [1.29, 1.82) is 0 Å². The lowest BCUT2D eigenvalue weighted by molar-refractivity contribution is -0.126. The van der Waals surface area contributed by atoms with Gasteiger partial charge in [0.2, 0.25) is 5.91 Å². The fraction of sp³-hybridized carbons (Fsp3) is 0.533. The van der Waals surface area contributed by atoms with Crippen molar-refractivity contribution in [1.82, 2.24) is 30.0 Å². The van der Waals surface area contributed by atoms with Gasteiger partial charge in [0.1, 0.15) is 11.6 Å². The van der Waals surface area contributed by atoms with E-state index in [-0.39, 0.29) is 5.91 Å². The van der Waals surface area contributed by atoms with E-state index in [4.69, 9.17) is 19.4 Å². The molecule has 2 aromatic heterocycles. The highest BCUT2D eigenvalue weighted by atomic mass is 16.5. The Kier molecular flexibility index (Phi) is 10.4. The molecule has 1 aromatic carbocycles. The van der Waals surface area contributed by atoms with Gasteiger partial charge in [0.25, 0.3) is 0 Å². The maximum atomic E-state index is 12.0. The normalized spacial score (nSPS) is 16.8. The van der Waals surface area contributed by atoms with Crippen molar-refractivity contribution in [3.8, 4) is 11.8 Å². The van der Waals surface area contributed by atoms with E-state index in [2.05, 4.69) is 38.5 Å². The van der Waals surface area contributed by atoms with Crippen LogP contribution in [0.3, 0.4) is 0 Å². The summed E-state index contributed by atoms with van der Waals surface area (Å²) in [5, 5.41) is 8.26. The Hall–Kier alpha value is -3.86. The van der Waals surface area contributed by atoms with Gasteiger partial charge < -0.3 is 29.1 Å². The molecule has 3 aromatic rings. The first-order valence-electron chi connectivity index (χ1n) is 14.6. The third-order valence-electron chi connectivity index (χ3n) is 7.70. The third-order valence-corrected chi connectivity index (χ3v) is 7.70. The van der Waals surface area contributed by atoms with Crippen molar-refractivity contribution in [2.24, 2.45) is 0 Å². The molecule has 41 heavy (non-hydrogen) atoms. The van der Waals surface area contributed by atoms with Crippen LogP contribution in [0, 0.1) is 0 Å². The van der Waals surface area contributed by atoms with Crippen molar-refractivity contribution >= 4 is 28.3 Å². The maximum absolute atomic E-state index is 12.0. The number of hydrogen-bond acceptors (Lipinski definition) is 9. The molecule has 2 fully saturated rings. The van der Waals surface area contributed by atoms with Crippen molar-refractivity contribution < 1.29 is 14.3 Å². The summed E-state index contributed by atoms with van der Waals surface area (Å²) in [6.07, 6.45) is 6.82. The Bertz CT molecular complexity index is 1310. The van der Waals surface area contributed by atoms with Crippen LogP contribution in [0.5, 0.6) is 11.8 Å². The predicted octanol–water partition coefficient (Wildman–Crippen LogP) is 3.51. The van der Waals surface area contributed by atoms with Gasteiger partial charge in [-0.15, -0.1) is 0 Å². The fourth-order valence-corrected chi connectivity index (χ4v) is 5.55. The minimum Gasteiger partial charge on any atom is -0.495 e. The Balaban J connectivity index is 0.000000424. The number of rotatable bonds is 5. The first-order valence-corrected chi connectivity index (χ1v) is 14.6. The average Bonchev–Trinajstić information content (AvgIpc) is 3.72. The monoisotopic (exact) mass is 564 g/mol. The molecule has 0 bridgehead atoms. The number of benzene rings is 1. The number of amides is 1. The zero-order valence-electron chi connectivity index (χ0n) is 25.1. The van der Waals surface area contributed by atoms with E-state index in [9.17, 15) is 4.79 Å². The molecule has 0 saturated carbocycles. The van der Waals surface area contributed by atoms with Crippen LogP contribution in [0.25, 0.3) is 10.9 Å². The molecule has 11 nitrogen and oxygen atoms in total. The number of fused-ring (bicyclic) bond motifs is 2. The SMILES string of the molecule is C=CC(=O)N1CCN(c2nc(OC)nc3c2CCN(c2c(OC)ccc4[nH]ncc24)C3)CC1.CC.CN1CCCC1. The largest absolute Gasteiger partial charge is 0.495 e. The number of methoxy groups -OCH3 is 2. The van der Waals surface area contributed by atoms with Gasteiger partial charge in [0.15, 0.2) is 0 Å². The molecule has 1 amide bonds. The average molecular weight is 565 g/mol. The first-order chi connectivity index (χ1) is 20.0. The number of aromatic amines is 1. The zero-order chi connectivity index (χ0) is 29.4. The summed E-state index contributed by atoms with van der Waals surface area (Å²) >= 11 is 0. The number of anilines is 2. The van der Waals surface area contributed by atoms with Crippen LogP contribution in [0.1, 0.15) is 37.9 Å². The second kappa shape index (κ2) is 14.2. The van der Waals surface area contributed by atoms with Crippen molar-refractivity contribution in [2.75, 3.05) is 76.9 Å². The van der Waals surface area contributed by atoms with E-state index < -0.39 is 0 Å². The van der Waals surface area contributed by atoms with Crippen LogP contribution in [0.4, 0.5) is 11.5 Å². The van der Waals surface area contributed by atoms with Crippen LogP contribution in [-0.4, -0.2) is 103 Å². The van der Waals surface area contributed by atoms with Crippen LogP contribution in [0.2, 0.25) is 0 Å². The van der Waals surface area contributed by atoms with Crippen molar-refractivity contribution in [3.05, 3.63) is 42.2 Å². The van der Waals surface area contributed by atoms with Gasteiger partial charge in [0, 0.05) is 43.7 Å². The number of H-pyrrole nitrogens is 1. The quantitative estimate of drug-likeness (QED) is 0.467. The topological polar surface area (TPSA) is 103 Å². The Morgan fingerprint density at radius 2 is 1.71 bits per heavy atom. The van der Waals surface area contributed by atoms with Crippen LogP contribution < -0.4 is 19.3 Å². The van der Waals surface area contributed by atoms with E-state index in [0.29, 0.717) is 38.7 Å². The molecular formula is C30H44N8O3. The minimum atomic E-state index is -0.0324. The highest BCUT2D eigenvalue weighted by Gasteiger charge is 2.30. The lowest BCUT2D eigenvalue weighted by atomic mass is 10.0. The summed E-state index contributed by atoms with van der Waals surface area (Å²) in [6.45, 7) is 14.3. The number of hydrogen-bond donors (Lipinski definition) is 1. The number of likely N-dealkylation sites (tertiary alicyclic amines) is 1. The standard InChI is InChI=1S/C23H27N7O3.C5H11N.C2H6/c1-4-20(31)28-9-11-29(12-10-28)22-15-7-8-30(14-18(15)25-23(26-22)33-3)21-16-13-24-27-17(16)5-6-19(21)32-2;1-6-4-2-3-5-6;1-2/h4-6,13H,1,7-12,14H2,2-3H3,(H,24,27);2-5H2,1H3;1-2H3. The first kappa shape index (κ1) is 30.1. The summed E-state index contributed by atoms with van der Waals surface area (Å²) in [7, 11) is 5.44. The van der Waals surface area contributed by atoms with Gasteiger partial charge in [-0.05, 0) is 57.6 Å². The van der Waals surface area contributed by atoms with Gasteiger partial charge >= 0.3 is 6.01 Å². The number of ether oxygens (including phenoxy) is 2. The molecule has 3 aliphatic heterocycles. The van der Waals surface area contributed by atoms with Crippen molar-refractivity contribution in [3.63, 3.8) is 0 Å². The van der Waals surface area contributed by atoms with Crippen molar-refractivity contribution in [2.45, 2.75) is 39.7 Å². The second-order valence-corrected chi connectivity index (χ2v) is 10.1. The van der Waals surface area contributed by atoms with E-state index in [1.165, 1.54) is 32.0 Å². The summed E-state index contributed by atoms with van der Waals surface area (Å²) in [5.41, 5.74) is 4.04. The van der Waals surface area contributed by atoms with Crippen LogP contribution in [-0.2, 0) is 17.8 Å². The molecule has 0 aliphatic carbocycles. The smallest absolute Gasteiger partial charge is 0.318 e. The predicted molar refractivity (Wildman–Crippen MR) is 163 cm³/mol. The number of aromatic nitrogens is 4. The van der Waals surface area contributed by atoms with E-state index in [1.54, 1.807) is 14.2 Å². The van der Waals surface area contributed by atoms with Gasteiger partial charge in [-0.25, -0.2) is 0 Å². The van der Waals surface area contributed by atoms with E-state index in [0.717, 1.165) is 52.4 Å². The van der Waals surface area contributed by atoms with E-state index >= 15 is 0 Å². The number of piperazine rings is 1. The lowest BCUT2D eigenvalue weighted by Crippen LogP contribution is -2.49. The Morgan fingerprint density at radius 3 is 2.32 bits per heavy atom. The molecule has 5 heterocycles. The van der Waals surface area contributed by atoms with Crippen LogP contribution in [0.15, 0.2) is 31.0 Å². The van der Waals surface area contributed by atoms with Crippen LogP contribution >= 0.6 is 0 Å². The number of carbonyl (C=O) groups excluding carboxylic acids is 1. The Morgan fingerprint density at radius 1 is 0.976 bits per heavy atom. The maximum Gasteiger partial charge on any atom is 0.318 e. The summed E-state index contributed by atoms with van der Waals surface area (Å²) in [5.74, 6) is 1.67. The highest BCUT2D eigenvalue weighted by Crippen LogP contribution is 2.39. The molecule has 3 aliphatic rings. The minimum absolute atomic E-state index is 0.0324. The number of carbonyl (C=O) groups is 1. The van der Waals surface area contributed by atoms with Gasteiger partial charge in [0.05, 0.1) is 43.9 Å². The fourth-order valence-electron chi connectivity index (χ4n) is 5.55. The summed E-state index contributed by atoms with van der Waals surface area (Å²) < 4.78 is 11.1. The highest BCUT2D eigenvalue weighted by molar-refractivity contribution is 5.95. The molecule has 6 rings (SSSR count). The summed E-state index contributed by atoms with van der Waals surface area (Å²) in [6, 6.07) is 4.29. The molecule has 0 unspecified atom stereocenters. The molecule has 0 radical (unpaired) electrons. The molecule has 1 N–H and O–H groups in total. The molecule has 222 valence electrons.